The number of benzene rings is 2. The van der Waals surface area contributed by atoms with Crippen molar-refractivity contribution in [1.82, 2.24) is 25.1 Å². The Morgan fingerprint density at radius 2 is 1.88 bits per heavy atom. The molecular weight excluding hydrogens is 454 g/mol. The molecule has 0 saturated carbocycles. The zero-order chi connectivity index (χ0) is 23.2. The molecular formula is C24H25N5O2S2. The van der Waals surface area contributed by atoms with Crippen LogP contribution in [0.5, 0.6) is 5.75 Å². The molecule has 9 heteroatoms. The first kappa shape index (κ1) is 22.9. The summed E-state index contributed by atoms with van der Waals surface area (Å²) in [5.41, 5.74) is 4.22. The number of aryl methyl sites for hydroxylation is 1. The molecule has 2 N–H and O–H groups in total. The molecule has 4 rings (SSSR count). The maximum Gasteiger partial charge on any atom is 0.221 e. The van der Waals surface area contributed by atoms with Crippen molar-refractivity contribution in [3.8, 4) is 27.7 Å². The van der Waals surface area contributed by atoms with E-state index in [1.54, 1.807) is 18.4 Å². The van der Waals surface area contributed by atoms with Crippen LogP contribution in [0.25, 0.3) is 22.0 Å². The fourth-order valence-corrected chi connectivity index (χ4v) is 4.45. The van der Waals surface area contributed by atoms with E-state index in [-0.39, 0.29) is 5.91 Å². The van der Waals surface area contributed by atoms with Gasteiger partial charge in [-0.25, -0.2) is 4.98 Å². The molecule has 2 heterocycles. The van der Waals surface area contributed by atoms with Gasteiger partial charge in [0.25, 0.3) is 0 Å². The maximum atomic E-state index is 12.4. The van der Waals surface area contributed by atoms with Gasteiger partial charge in [0.1, 0.15) is 10.8 Å². The van der Waals surface area contributed by atoms with Gasteiger partial charge in [0.2, 0.25) is 5.91 Å². The Hall–Kier alpha value is -3.30. The molecule has 0 unspecified atom stereocenters. The highest BCUT2D eigenvalue weighted by atomic mass is 32.1. The predicted molar refractivity (Wildman–Crippen MR) is 133 cm³/mol. The molecule has 33 heavy (non-hydrogen) atoms. The number of H-pyrrole nitrogens is 1. The van der Waals surface area contributed by atoms with Crippen molar-refractivity contribution in [2.45, 2.75) is 26.3 Å². The van der Waals surface area contributed by atoms with Crippen molar-refractivity contribution in [2.24, 2.45) is 0 Å². The van der Waals surface area contributed by atoms with Crippen molar-refractivity contribution in [3.05, 3.63) is 69.9 Å². The summed E-state index contributed by atoms with van der Waals surface area (Å²) in [5, 5.41) is 13.2. The first-order valence-corrected chi connectivity index (χ1v) is 11.9. The average Bonchev–Trinajstić information content (AvgIpc) is 3.45. The number of rotatable bonds is 9. The summed E-state index contributed by atoms with van der Waals surface area (Å²) in [7, 11) is 1.63. The van der Waals surface area contributed by atoms with Gasteiger partial charge in [-0.2, -0.15) is 5.10 Å². The van der Waals surface area contributed by atoms with Crippen LogP contribution in [0.15, 0.2) is 53.9 Å². The molecule has 0 bridgehead atoms. The molecule has 0 aliphatic rings. The number of nitrogens with one attached hydrogen (secondary N) is 2. The number of carbonyl (C=O) groups is 1. The van der Waals surface area contributed by atoms with Crippen LogP contribution in [-0.2, 0) is 17.8 Å². The predicted octanol–water partition coefficient (Wildman–Crippen LogP) is 4.80. The van der Waals surface area contributed by atoms with Crippen LogP contribution in [0.4, 0.5) is 0 Å². The molecule has 0 saturated heterocycles. The van der Waals surface area contributed by atoms with Gasteiger partial charge in [-0.3, -0.25) is 14.5 Å². The molecule has 2 aromatic carbocycles. The van der Waals surface area contributed by atoms with Crippen LogP contribution in [0.3, 0.4) is 0 Å². The van der Waals surface area contributed by atoms with Crippen LogP contribution in [0.1, 0.15) is 17.7 Å². The Balaban J connectivity index is 1.29. The highest BCUT2D eigenvalue weighted by Gasteiger charge is 2.11. The molecule has 0 radical (unpaired) electrons. The van der Waals surface area contributed by atoms with Gasteiger partial charge >= 0.3 is 0 Å². The highest BCUT2D eigenvalue weighted by molar-refractivity contribution is 7.71. The number of nitrogens with zero attached hydrogens (tertiary/aromatic N) is 3. The molecule has 0 aliphatic carbocycles. The summed E-state index contributed by atoms with van der Waals surface area (Å²) < 4.78 is 7.53. The van der Waals surface area contributed by atoms with Gasteiger partial charge < -0.3 is 10.1 Å². The third-order valence-corrected chi connectivity index (χ3v) is 6.47. The van der Waals surface area contributed by atoms with Gasteiger partial charge in [-0.05, 0) is 43.4 Å². The summed E-state index contributed by atoms with van der Waals surface area (Å²) in [6.45, 7) is 3.05. The van der Waals surface area contributed by atoms with Crippen molar-refractivity contribution >= 4 is 29.5 Å². The Kier molecular flexibility index (Phi) is 7.31. The van der Waals surface area contributed by atoms with E-state index in [0.717, 1.165) is 27.6 Å². The first-order chi connectivity index (χ1) is 16.0. The Bertz CT molecular complexity index is 1270. The number of amides is 1. The topological polar surface area (TPSA) is 84.8 Å². The number of carbonyl (C=O) groups excluding carboxylic acids is 1. The van der Waals surface area contributed by atoms with E-state index in [1.807, 2.05) is 34.2 Å². The lowest BCUT2D eigenvalue weighted by molar-refractivity contribution is -0.121. The lowest BCUT2D eigenvalue weighted by atomic mass is 10.2. The van der Waals surface area contributed by atoms with Crippen molar-refractivity contribution in [2.75, 3.05) is 13.7 Å². The third kappa shape index (κ3) is 5.74. The molecule has 4 aromatic rings. The Morgan fingerprint density at radius 1 is 1.15 bits per heavy atom. The van der Waals surface area contributed by atoms with Crippen LogP contribution in [0, 0.1) is 11.7 Å². The van der Waals surface area contributed by atoms with Gasteiger partial charge in [-0.1, -0.05) is 29.8 Å². The minimum Gasteiger partial charge on any atom is -0.497 e. The fraction of sp³-hybridized carbons (Fsp3) is 0.250. The van der Waals surface area contributed by atoms with Gasteiger partial charge in [-0.15, -0.1) is 11.3 Å². The molecule has 2 aromatic heterocycles. The number of thiazole rings is 1. The summed E-state index contributed by atoms with van der Waals surface area (Å²) in [6, 6.07) is 15.9. The number of ether oxygens (including phenoxy) is 1. The van der Waals surface area contributed by atoms with Crippen molar-refractivity contribution in [3.63, 3.8) is 0 Å². The molecule has 0 atom stereocenters. The van der Waals surface area contributed by atoms with Crippen LogP contribution >= 0.6 is 23.6 Å². The molecule has 0 aliphatic heterocycles. The van der Waals surface area contributed by atoms with Crippen molar-refractivity contribution in [1.29, 1.82) is 0 Å². The summed E-state index contributed by atoms with van der Waals surface area (Å²) in [5.74, 6) is 1.43. The number of hydrogen-bond acceptors (Lipinski definition) is 6. The standard InChI is InChI=1S/C24H25N5O2S2/c1-16-3-5-18(6-4-16)23-26-19(15-33-23)11-13-25-21(30)12-14-29-22(27-28-24(29)32)17-7-9-20(31-2)10-8-17/h3-10,15H,11-14H2,1-2H3,(H,25,30)(H,28,32). The molecule has 7 nitrogen and oxygen atoms in total. The fourth-order valence-electron chi connectivity index (χ4n) is 3.37. The quantitative estimate of drug-likeness (QED) is 0.337. The second-order valence-corrected chi connectivity index (χ2v) is 8.84. The van der Waals surface area contributed by atoms with Gasteiger partial charge in [0.15, 0.2) is 10.6 Å². The van der Waals surface area contributed by atoms with E-state index in [2.05, 4.69) is 46.7 Å². The number of aromatic amines is 1. The van der Waals surface area contributed by atoms with Gasteiger partial charge in [0, 0.05) is 42.4 Å². The van der Waals surface area contributed by atoms with E-state index in [0.29, 0.717) is 36.5 Å². The second kappa shape index (κ2) is 10.5. The Labute approximate surface area is 201 Å². The first-order valence-electron chi connectivity index (χ1n) is 10.6. The normalized spacial score (nSPS) is 10.8. The highest BCUT2D eigenvalue weighted by Crippen LogP contribution is 2.24. The zero-order valence-electron chi connectivity index (χ0n) is 18.5. The average molecular weight is 480 g/mol. The van der Waals surface area contributed by atoms with Gasteiger partial charge in [0.05, 0.1) is 12.8 Å². The van der Waals surface area contributed by atoms with E-state index in [1.165, 1.54) is 5.56 Å². The lowest BCUT2D eigenvalue weighted by Gasteiger charge is -2.08. The maximum absolute atomic E-state index is 12.4. The number of aromatic nitrogens is 4. The lowest BCUT2D eigenvalue weighted by Crippen LogP contribution is -2.26. The second-order valence-electron chi connectivity index (χ2n) is 7.59. The minimum absolute atomic E-state index is 0.0345. The summed E-state index contributed by atoms with van der Waals surface area (Å²) >= 11 is 6.98. The largest absolute Gasteiger partial charge is 0.497 e. The van der Waals surface area contributed by atoms with E-state index in [4.69, 9.17) is 21.9 Å². The zero-order valence-corrected chi connectivity index (χ0v) is 20.1. The van der Waals surface area contributed by atoms with Crippen molar-refractivity contribution < 1.29 is 9.53 Å². The van der Waals surface area contributed by atoms with E-state index < -0.39 is 0 Å². The third-order valence-electron chi connectivity index (χ3n) is 5.22. The molecule has 170 valence electrons. The SMILES string of the molecule is COc1ccc(-c2n[nH]c(=S)n2CCC(=O)NCCc2csc(-c3ccc(C)cc3)n2)cc1. The molecule has 0 fully saturated rings. The number of hydrogen-bond donors (Lipinski definition) is 2. The molecule has 1 amide bonds. The summed E-state index contributed by atoms with van der Waals surface area (Å²) in [4.78, 5) is 17.1. The van der Waals surface area contributed by atoms with E-state index >= 15 is 0 Å². The van der Waals surface area contributed by atoms with Crippen LogP contribution < -0.4 is 10.1 Å². The number of methoxy groups -OCH3 is 1. The smallest absolute Gasteiger partial charge is 0.221 e. The monoisotopic (exact) mass is 479 g/mol. The Morgan fingerprint density at radius 3 is 2.61 bits per heavy atom. The van der Waals surface area contributed by atoms with Crippen LogP contribution in [0.2, 0.25) is 0 Å². The summed E-state index contributed by atoms with van der Waals surface area (Å²) in [6.07, 6.45) is 0.999. The molecule has 0 spiro atoms. The minimum atomic E-state index is -0.0345. The van der Waals surface area contributed by atoms with E-state index in [9.17, 15) is 4.79 Å². The van der Waals surface area contributed by atoms with Crippen LogP contribution in [-0.4, -0.2) is 39.3 Å².